The lowest BCUT2D eigenvalue weighted by atomic mass is 10.2. The van der Waals surface area contributed by atoms with Crippen LogP contribution in [-0.4, -0.2) is 125 Å². The maximum absolute atomic E-state index is 12.2. The van der Waals surface area contributed by atoms with Crippen LogP contribution in [0.25, 0.3) is 0 Å². The third-order valence-corrected chi connectivity index (χ3v) is 7.18. The molecule has 0 atom stereocenters. The van der Waals surface area contributed by atoms with Crippen LogP contribution in [0.5, 0.6) is 11.5 Å². The van der Waals surface area contributed by atoms with Gasteiger partial charge >= 0.3 is 12.2 Å². The summed E-state index contributed by atoms with van der Waals surface area (Å²) in [5.74, 6) is 0.484. The monoisotopic (exact) mass is 700 g/mol. The van der Waals surface area contributed by atoms with E-state index in [-0.39, 0.29) is 42.6 Å². The van der Waals surface area contributed by atoms with Crippen molar-refractivity contribution in [3.05, 3.63) is 58.6 Å². The number of hydrogen-bond donors (Lipinski definition) is 1. The van der Waals surface area contributed by atoms with Crippen LogP contribution in [0.4, 0.5) is 21.0 Å². The Morgan fingerprint density at radius 1 is 0.660 bits per heavy atom. The lowest BCUT2D eigenvalue weighted by Gasteiger charge is -2.35. The van der Waals surface area contributed by atoms with Crippen molar-refractivity contribution in [2.24, 2.45) is 0 Å². The summed E-state index contributed by atoms with van der Waals surface area (Å²) in [5.41, 5.74) is 5.09. The molecule has 2 heterocycles. The highest BCUT2D eigenvalue weighted by molar-refractivity contribution is 5.79. The summed E-state index contributed by atoms with van der Waals surface area (Å²) >= 11 is 0. The molecule has 0 radical (unpaired) electrons. The summed E-state index contributed by atoms with van der Waals surface area (Å²) in [5, 5.41) is 10.7. The fourth-order valence-corrected chi connectivity index (χ4v) is 4.69. The van der Waals surface area contributed by atoms with Gasteiger partial charge in [0.25, 0.3) is 17.5 Å². The minimum absolute atomic E-state index is 0.0457. The average Bonchev–Trinajstić information content (AvgIpc) is 3.05. The molecule has 4 amide bonds. The van der Waals surface area contributed by atoms with Gasteiger partial charge in [-0.05, 0) is 59.7 Å². The molecule has 4 rings (SSSR count). The smallest absolute Gasteiger partial charge is 0.410 e. The topological polar surface area (TPSA) is 187 Å². The Morgan fingerprint density at radius 3 is 1.42 bits per heavy atom. The standard InChI is InChI=1S/C17H23N3O6.C17H25N3O4/c1-17(2,3)26-16(22)19-9-7-18(8-10-19)15(21)12-25-14-6-4-5-13(11-14)20(23)24;1-17(2,3)24-16(22)20-9-7-19(8-10-20)15(21)12-23-14-6-4-5-13(18)11-14/h4-6,11H,7-10,12H2,1-3H3;4-6,11H,7-10,12,18H2,1-3H3. The SMILES string of the molecule is CC(C)(C)OC(=O)N1CCN(C(=O)COc2cccc(N)c2)CC1.CC(C)(C)OC(=O)N1CCN(C(=O)COc2cccc([N+](=O)[O-])c2)CC1. The molecule has 0 spiro atoms. The second-order valence-corrected chi connectivity index (χ2v) is 13.6. The summed E-state index contributed by atoms with van der Waals surface area (Å²) in [6, 6.07) is 12.6. The zero-order chi connectivity index (χ0) is 37.1. The molecule has 2 fully saturated rings. The Labute approximate surface area is 292 Å². The molecule has 2 saturated heterocycles. The first-order valence-electron chi connectivity index (χ1n) is 16.3. The minimum atomic E-state index is -0.559. The van der Waals surface area contributed by atoms with Crippen LogP contribution in [0.2, 0.25) is 0 Å². The molecule has 0 bridgehead atoms. The van der Waals surface area contributed by atoms with Crippen LogP contribution in [0.15, 0.2) is 48.5 Å². The van der Waals surface area contributed by atoms with E-state index < -0.39 is 22.2 Å². The third kappa shape index (κ3) is 13.3. The summed E-state index contributed by atoms with van der Waals surface area (Å²) in [4.78, 5) is 65.1. The molecule has 0 aliphatic carbocycles. The molecule has 0 unspecified atom stereocenters. The number of piperazine rings is 2. The number of carbonyl (C=O) groups is 4. The third-order valence-electron chi connectivity index (χ3n) is 7.18. The molecule has 2 aliphatic rings. The van der Waals surface area contributed by atoms with E-state index >= 15 is 0 Å². The van der Waals surface area contributed by atoms with Crippen molar-refractivity contribution >= 4 is 35.4 Å². The van der Waals surface area contributed by atoms with E-state index in [9.17, 15) is 29.3 Å². The van der Waals surface area contributed by atoms with Crippen molar-refractivity contribution in [1.29, 1.82) is 0 Å². The number of nitro benzene ring substituents is 1. The van der Waals surface area contributed by atoms with E-state index in [1.54, 1.807) is 70.7 Å². The quantitative estimate of drug-likeness (QED) is 0.252. The molecule has 2 aliphatic heterocycles. The van der Waals surface area contributed by atoms with Crippen molar-refractivity contribution in [3.63, 3.8) is 0 Å². The number of ether oxygens (including phenoxy) is 4. The number of amides is 4. The fraction of sp³-hybridized carbons (Fsp3) is 0.529. The van der Waals surface area contributed by atoms with E-state index in [0.29, 0.717) is 63.8 Å². The van der Waals surface area contributed by atoms with Gasteiger partial charge in [0.05, 0.1) is 11.0 Å². The average molecular weight is 701 g/mol. The van der Waals surface area contributed by atoms with Crippen molar-refractivity contribution < 1.29 is 43.0 Å². The Kier molecular flexibility index (Phi) is 13.6. The second kappa shape index (κ2) is 17.4. The predicted octanol–water partition coefficient (Wildman–Crippen LogP) is 3.78. The van der Waals surface area contributed by atoms with Gasteiger partial charge in [-0.15, -0.1) is 0 Å². The van der Waals surface area contributed by atoms with E-state index in [2.05, 4.69) is 0 Å². The molecular weight excluding hydrogens is 652 g/mol. The van der Waals surface area contributed by atoms with Crippen LogP contribution in [0, 0.1) is 10.1 Å². The lowest BCUT2D eigenvalue weighted by Crippen LogP contribution is -2.52. The molecule has 2 aromatic carbocycles. The number of benzene rings is 2. The number of hydrogen-bond acceptors (Lipinski definition) is 11. The number of carbonyl (C=O) groups excluding carboxylic acids is 4. The number of nitrogens with zero attached hydrogens (tertiary/aromatic N) is 5. The normalized spacial score (nSPS) is 14.9. The minimum Gasteiger partial charge on any atom is -0.484 e. The van der Waals surface area contributed by atoms with Gasteiger partial charge in [-0.3, -0.25) is 19.7 Å². The highest BCUT2D eigenvalue weighted by atomic mass is 16.6. The van der Waals surface area contributed by atoms with Crippen LogP contribution < -0.4 is 15.2 Å². The molecule has 2 N–H and O–H groups in total. The zero-order valence-electron chi connectivity index (χ0n) is 29.6. The lowest BCUT2D eigenvalue weighted by molar-refractivity contribution is -0.384. The number of rotatable bonds is 7. The van der Waals surface area contributed by atoms with Crippen molar-refractivity contribution in [2.75, 3.05) is 71.3 Å². The molecule has 16 heteroatoms. The Hall–Kier alpha value is -5.28. The molecule has 274 valence electrons. The number of nitrogen functional groups attached to an aromatic ring is 1. The van der Waals surface area contributed by atoms with E-state index in [4.69, 9.17) is 24.7 Å². The Balaban J connectivity index is 0.000000271. The summed E-state index contributed by atoms with van der Waals surface area (Å²) in [6.07, 6.45) is -0.733. The molecular formula is C34H48N6O10. The highest BCUT2D eigenvalue weighted by Crippen LogP contribution is 2.20. The first-order valence-corrected chi connectivity index (χ1v) is 16.3. The van der Waals surface area contributed by atoms with Gasteiger partial charge in [0, 0.05) is 70.2 Å². The van der Waals surface area contributed by atoms with Gasteiger partial charge in [-0.1, -0.05) is 12.1 Å². The number of non-ortho nitro benzene ring substituents is 1. The molecule has 50 heavy (non-hydrogen) atoms. The van der Waals surface area contributed by atoms with Crippen molar-refractivity contribution in [2.45, 2.75) is 52.7 Å². The van der Waals surface area contributed by atoms with Gasteiger partial charge in [0.2, 0.25) is 0 Å². The molecule has 0 aromatic heterocycles. The molecule has 2 aromatic rings. The van der Waals surface area contributed by atoms with Crippen LogP contribution >= 0.6 is 0 Å². The van der Waals surface area contributed by atoms with E-state index in [0.717, 1.165) is 0 Å². The van der Waals surface area contributed by atoms with Crippen LogP contribution in [0.3, 0.4) is 0 Å². The second-order valence-electron chi connectivity index (χ2n) is 13.6. The number of anilines is 1. The van der Waals surface area contributed by atoms with Crippen LogP contribution in [0.1, 0.15) is 41.5 Å². The number of nitrogens with two attached hydrogens (primary N) is 1. The van der Waals surface area contributed by atoms with E-state index in [1.807, 2.05) is 20.8 Å². The van der Waals surface area contributed by atoms with Gasteiger partial charge < -0.3 is 44.3 Å². The van der Waals surface area contributed by atoms with Gasteiger partial charge in [0.15, 0.2) is 13.2 Å². The van der Waals surface area contributed by atoms with E-state index in [1.165, 1.54) is 18.2 Å². The summed E-state index contributed by atoms with van der Waals surface area (Å²) in [6.45, 7) is 14.0. The van der Waals surface area contributed by atoms with Crippen molar-refractivity contribution in [1.82, 2.24) is 19.6 Å². The Morgan fingerprint density at radius 2 is 1.04 bits per heavy atom. The van der Waals surface area contributed by atoms with Gasteiger partial charge in [-0.2, -0.15) is 0 Å². The van der Waals surface area contributed by atoms with Crippen LogP contribution in [-0.2, 0) is 19.1 Å². The molecule has 16 nitrogen and oxygen atoms in total. The summed E-state index contributed by atoms with van der Waals surface area (Å²) in [7, 11) is 0. The van der Waals surface area contributed by atoms with Gasteiger partial charge in [-0.25, -0.2) is 9.59 Å². The Bertz CT molecular complexity index is 1490. The maximum Gasteiger partial charge on any atom is 0.410 e. The zero-order valence-corrected chi connectivity index (χ0v) is 29.6. The van der Waals surface area contributed by atoms with Crippen molar-refractivity contribution in [3.8, 4) is 11.5 Å². The maximum atomic E-state index is 12.2. The first kappa shape index (κ1) is 39.2. The highest BCUT2D eigenvalue weighted by Gasteiger charge is 2.29. The summed E-state index contributed by atoms with van der Waals surface area (Å²) < 4.78 is 21.5. The predicted molar refractivity (Wildman–Crippen MR) is 184 cm³/mol. The fourth-order valence-electron chi connectivity index (χ4n) is 4.69. The first-order chi connectivity index (χ1) is 23.4. The molecule has 0 saturated carbocycles. The number of nitro groups is 1. The van der Waals surface area contributed by atoms with Gasteiger partial charge in [0.1, 0.15) is 22.7 Å². The largest absolute Gasteiger partial charge is 0.484 e.